The molecule has 2 saturated heterocycles. The molecular formula is C10H17NO3S. The molecule has 15 heavy (non-hydrogen) atoms. The van der Waals surface area contributed by atoms with E-state index >= 15 is 0 Å². The minimum Gasteiger partial charge on any atom is -0.616 e. The van der Waals surface area contributed by atoms with Gasteiger partial charge in [-0.25, -0.2) is 4.79 Å². The highest BCUT2D eigenvalue weighted by atomic mass is 32.2. The van der Waals surface area contributed by atoms with Gasteiger partial charge < -0.3 is 9.29 Å². The third-order valence-electron chi connectivity index (χ3n) is 2.73. The van der Waals surface area contributed by atoms with Crippen LogP contribution in [0, 0.1) is 0 Å². The SMILES string of the molecule is CC(C)(C)OC(=O)N1CC2CC1C[S+]2[O-]. The van der Waals surface area contributed by atoms with E-state index in [-0.39, 0.29) is 17.4 Å². The summed E-state index contributed by atoms with van der Waals surface area (Å²) in [6.07, 6.45) is 0.623. The highest BCUT2D eigenvalue weighted by Crippen LogP contribution is 2.33. The van der Waals surface area contributed by atoms with Crippen molar-refractivity contribution in [2.24, 2.45) is 0 Å². The Labute approximate surface area is 93.1 Å². The Kier molecular flexibility index (Phi) is 2.63. The van der Waals surface area contributed by atoms with Gasteiger partial charge in [0.25, 0.3) is 0 Å². The van der Waals surface area contributed by atoms with Crippen molar-refractivity contribution in [2.45, 2.75) is 44.1 Å². The lowest BCUT2D eigenvalue weighted by atomic mass is 10.2. The fraction of sp³-hybridized carbons (Fsp3) is 0.900. The summed E-state index contributed by atoms with van der Waals surface area (Å²) >= 11 is -0.721. The van der Waals surface area contributed by atoms with Crippen LogP contribution in [-0.4, -0.2) is 44.7 Å². The molecule has 3 atom stereocenters. The largest absolute Gasteiger partial charge is 0.616 e. The lowest BCUT2D eigenvalue weighted by molar-refractivity contribution is 0.0237. The van der Waals surface area contributed by atoms with Crippen molar-refractivity contribution in [1.82, 2.24) is 4.90 Å². The van der Waals surface area contributed by atoms with Crippen LogP contribution in [0.4, 0.5) is 4.79 Å². The number of likely N-dealkylation sites (tertiary alicyclic amines) is 1. The summed E-state index contributed by atoms with van der Waals surface area (Å²) in [7, 11) is 0. The van der Waals surface area contributed by atoms with Gasteiger partial charge in [-0.2, -0.15) is 0 Å². The summed E-state index contributed by atoms with van der Waals surface area (Å²) in [5, 5.41) is 0.183. The molecule has 0 aromatic heterocycles. The molecule has 2 fully saturated rings. The third kappa shape index (κ3) is 2.23. The van der Waals surface area contributed by atoms with Gasteiger partial charge in [0, 0.05) is 6.42 Å². The molecule has 0 N–H and O–H groups in total. The van der Waals surface area contributed by atoms with Gasteiger partial charge in [-0.1, -0.05) is 0 Å². The number of fused-ring (bicyclic) bond motifs is 2. The molecule has 86 valence electrons. The highest BCUT2D eigenvalue weighted by Gasteiger charge is 2.50. The Balaban J connectivity index is 1.94. The first-order valence-corrected chi connectivity index (χ1v) is 6.62. The van der Waals surface area contributed by atoms with Gasteiger partial charge in [0.2, 0.25) is 0 Å². The fourth-order valence-electron chi connectivity index (χ4n) is 2.09. The Bertz CT molecular complexity index is 274. The Morgan fingerprint density at radius 2 is 2.20 bits per heavy atom. The second-order valence-electron chi connectivity index (χ2n) is 5.19. The second kappa shape index (κ2) is 3.56. The van der Waals surface area contributed by atoms with Crippen molar-refractivity contribution >= 4 is 17.3 Å². The maximum atomic E-state index is 11.8. The van der Waals surface area contributed by atoms with Crippen molar-refractivity contribution in [2.75, 3.05) is 12.3 Å². The van der Waals surface area contributed by atoms with Crippen molar-refractivity contribution < 1.29 is 14.1 Å². The summed E-state index contributed by atoms with van der Waals surface area (Å²) in [4.78, 5) is 13.5. The lowest BCUT2D eigenvalue weighted by Crippen LogP contribution is -2.46. The molecule has 1 amide bonds. The maximum Gasteiger partial charge on any atom is 0.410 e. The molecule has 2 aliphatic rings. The fourth-order valence-corrected chi connectivity index (χ4v) is 3.82. The van der Waals surface area contributed by atoms with E-state index in [1.54, 1.807) is 4.90 Å². The van der Waals surface area contributed by atoms with Crippen LogP contribution in [0.3, 0.4) is 0 Å². The molecule has 0 radical (unpaired) electrons. The van der Waals surface area contributed by atoms with E-state index in [1.807, 2.05) is 20.8 Å². The van der Waals surface area contributed by atoms with Crippen LogP contribution >= 0.6 is 0 Å². The molecule has 0 spiro atoms. The topological polar surface area (TPSA) is 52.6 Å². The molecule has 5 heteroatoms. The summed E-state index contributed by atoms with van der Waals surface area (Å²) in [6.45, 7) is 6.18. The Hall–Kier alpha value is -0.420. The number of hydrogen-bond donors (Lipinski definition) is 0. The summed E-state index contributed by atoms with van der Waals surface area (Å²) in [5.41, 5.74) is -0.446. The normalized spacial score (nSPS) is 34.7. The molecule has 4 nitrogen and oxygen atoms in total. The molecular weight excluding hydrogens is 214 g/mol. The van der Waals surface area contributed by atoms with Gasteiger partial charge >= 0.3 is 6.09 Å². The summed E-state index contributed by atoms with van der Waals surface area (Å²) < 4.78 is 16.7. The van der Waals surface area contributed by atoms with Crippen LogP contribution in [0.15, 0.2) is 0 Å². The average Bonchev–Trinajstić information content (AvgIpc) is 2.58. The maximum absolute atomic E-state index is 11.8. The van der Waals surface area contributed by atoms with E-state index in [4.69, 9.17) is 4.74 Å². The van der Waals surface area contributed by atoms with Crippen LogP contribution in [0.25, 0.3) is 0 Å². The lowest BCUT2D eigenvalue weighted by Gasteiger charge is -2.30. The number of rotatable bonds is 0. The monoisotopic (exact) mass is 231 g/mol. The Morgan fingerprint density at radius 1 is 1.53 bits per heavy atom. The second-order valence-corrected chi connectivity index (χ2v) is 6.95. The zero-order chi connectivity index (χ0) is 11.2. The minimum absolute atomic E-state index is 0.144. The Morgan fingerprint density at radius 3 is 2.60 bits per heavy atom. The van der Waals surface area contributed by atoms with Crippen LogP contribution in [0.5, 0.6) is 0 Å². The van der Waals surface area contributed by atoms with Crippen LogP contribution in [-0.2, 0) is 15.9 Å². The number of amides is 1. The zero-order valence-electron chi connectivity index (χ0n) is 9.36. The molecule has 2 heterocycles. The molecule has 0 aromatic carbocycles. The van der Waals surface area contributed by atoms with E-state index in [9.17, 15) is 9.35 Å². The van der Waals surface area contributed by atoms with E-state index in [0.29, 0.717) is 12.3 Å². The first kappa shape index (κ1) is 11.1. The highest BCUT2D eigenvalue weighted by molar-refractivity contribution is 7.92. The van der Waals surface area contributed by atoms with Gasteiger partial charge in [0.1, 0.15) is 16.6 Å². The third-order valence-corrected chi connectivity index (χ3v) is 4.53. The van der Waals surface area contributed by atoms with E-state index < -0.39 is 16.8 Å². The molecule has 0 aromatic rings. The minimum atomic E-state index is -0.721. The summed E-state index contributed by atoms with van der Waals surface area (Å²) in [6, 6.07) is 0.144. The van der Waals surface area contributed by atoms with Crippen molar-refractivity contribution in [3.63, 3.8) is 0 Å². The predicted molar refractivity (Wildman–Crippen MR) is 58.1 cm³/mol. The molecule has 2 bridgehead atoms. The van der Waals surface area contributed by atoms with Crippen LogP contribution in [0.1, 0.15) is 27.2 Å². The van der Waals surface area contributed by atoms with Crippen molar-refractivity contribution in [3.8, 4) is 0 Å². The number of hydrogen-bond acceptors (Lipinski definition) is 3. The predicted octanol–water partition coefficient (Wildman–Crippen LogP) is 1.13. The van der Waals surface area contributed by atoms with Crippen LogP contribution in [0.2, 0.25) is 0 Å². The summed E-state index contributed by atoms with van der Waals surface area (Å²) in [5.74, 6) is 0.629. The standard InChI is InChI=1S/C10H17NO3S/c1-10(2,3)14-9(12)11-5-8-4-7(11)6-15(8)13/h7-8H,4-6H2,1-3H3. The zero-order valence-corrected chi connectivity index (χ0v) is 10.2. The molecule has 2 rings (SSSR count). The first-order chi connectivity index (χ1) is 6.87. The van der Waals surface area contributed by atoms with Gasteiger partial charge in [0.15, 0.2) is 0 Å². The average molecular weight is 231 g/mol. The van der Waals surface area contributed by atoms with Crippen molar-refractivity contribution in [1.29, 1.82) is 0 Å². The number of nitrogens with zero attached hydrogens (tertiary/aromatic N) is 1. The number of carbonyl (C=O) groups excluding carboxylic acids is 1. The number of carbonyl (C=O) groups is 1. The molecule has 3 unspecified atom stereocenters. The van der Waals surface area contributed by atoms with Gasteiger partial charge in [0.05, 0.1) is 12.6 Å². The smallest absolute Gasteiger partial charge is 0.410 e. The van der Waals surface area contributed by atoms with Gasteiger partial charge in [-0.15, -0.1) is 0 Å². The van der Waals surface area contributed by atoms with E-state index in [0.717, 1.165) is 6.42 Å². The van der Waals surface area contributed by atoms with E-state index in [1.165, 1.54) is 0 Å². The number of ether oxygens (including phenoxy) is 1. The molecule has 0 saturated carbocycles. The van der Waals surface area contributed by atoms with Gasteiger partial charge in [-0.3, -0.25) is 4.90 Å². The molecule has 0 aliphatic carbocycles. The molecule has 2 aliphatic heterocycles. The van der Waals surface area contributed by atoms with Crippen LogP contribution < -0.4 is 0 Å². The van der Waals surface area contributed by atoms with Gasteiger partial charge in [-0.05, 0) is 31.9 Å². The quantitative estimate of drug-likeness (QED) is 0.587. The first-order valence-electron chi connectivity index (χ1n) is 5.23. The van der Waals surface area contributed by atoms with E-state index in [2.05, 4.69) is 0 Å². The van der Waals surface area contributed by atoms with Crippen molar-refractivity contribution in [3.05, 3.63) is 0 Å².